The van der Waals surface area contributed by atoms with Gasteiger partial charge < -0.3 is 14.8 Å². The molecular weight excluding hydrogens is 332 g/mol. The second kappa shape index (κ2) is 6.08. The second-order valence-electron chi connectivity index (χ2n) is 6.73. The maximum absolute atomic E-state index is 6.04. The highest BCUT2D eigenvalue weighted by Gasteiger charge is 2.33. The van der Waals surface area contributed by atoms with E-state index in [1.807, 2.05) is 36.4 Å². The summed E-state index contributed by atoms with van der Waals surface area (Å²) >= 11 is 1.59. The molecule has 2 heterocycles. The highest BCUT2D eigenvalue weighted by molar-refractivity contribution is 7.14. The van der Waals surface area contributed by atoms with E-state index in [0.29, 0.717) is 0 Å². The smallest absolute Gasteiger partial charge is 0.187 e. The zero-order valence-corrected chi connectivity index (χ0v) is 15.3. The standard InChI is InChI=1S/C20H20N2O2S/c1-20(2)11-14-9-13(10-17(23-3)18(14)24-20)16-12-25-19(22-16)21-15-7-5-4-6-8-15/h4-10,12H,11H2,1-3H3,(H,21,22). The average molecular weight is 352 g/mol. The van der Waals surface area contributed by atoms with Crippen LogP contribution in [0.5, 0.6) is 11.5 Å². The van der Waals surface area contributed by atoms with Crippen molar-refractivity contribution in [1.29, 1.82) is 0 Å². The van der Waals surface area contributed by atoms with Gasteiger partial charge in [0.15, 0.2) is 16.6 Å². The zero-order chi connectivity index (χ0) is 17.4. The number of ether oxygens (including phenoxy) is 2. The third-order valence-electron chi connectivity index (χ3n) is 4.17. The fourth-order valence-electron chi connectivity index (χ4n) is 3.09. The fourth-order valence-corrected chi connectivity index (χ4v) is 3.83. The van der Waals surface area contributed by atoms with Crippen LogP contribution in [0.4, 0.5) is 10.8 Å². The minimum absolute atomic E-state index is 0.198. The molecule has 0 unspecified atom stereocenters. The summed E-state index contributed by atoms with van der Waals surface area (Å²) in [6.07, 6.45) is 0.867. The zero-order valence-electron chi connectivity index (χ0n) is 14.5. The molecule has 0 spiro atoms. The van der Waals surface area contributed by atoms with Crippen LogP contribution in [0, 0.1) is 0 Å². The lowest BCUT2D eigenvalue weighted by Gasteiger charge is -2.17. The van der Waals surface area contributed by atoms with Gasteiger partial charge in [0.1, 0.15) is 5.60 Å². The molecule has 1 aliphatic heterocycles. The third kappa shape index (κ3) is 3.20. The van der Waals surface area contributed by atoms with Crippen molar-refractivity contribution in [3.63, 3.8) is 0 Å². The van der Waals surface area contributed by atoms with Gasteiger partial charge in [-0.3, -0.25) is 0 Å². The van der Waals surface area contributed by atoms with E-state index in [4.69, 9.17) is 14.5 Å². The van der Waals surface area contributed by atoms with E-state index in [2.05, 4.69) is 30.6 Å². The molecule has 0 amide bonds. The van der Waals surface area contributed by atoms with Crippen molar-refractivity contribution in [3.8, 4) is 22.8 Å². The number of hydrogen-bond acceptors (Lipinski definition) is 5. The summed E-state index contributed by atoms with van der Waals surface area (Å²) in [5.41, 5.74) is 3.99. The predicted molar refractivity (Wildman–Crippen MR) is 102 cm³/mol. The molecule has 1 aromatic heterocycles. The molecule has 0 saturated carbocycles. The number of benzene rings is 2. The monoisotopic (exact) mass is 352 g/mol. The van der Waals surface area contributed by atoms with Gasteiger partial charge in [-0.15, -0.1) is 11.3 Å². The van der Waals surface area contributed by atoms with Gasteiger partial charge in [0, 0.05) is 28.6 Å². The molecule has 0 bridgehead atoms. The Labute approximate surface area is 151 Å². The van der Waals surface area contributed by atoms with Gasteiger partial charge in [-0.1, -0.05) is 18.2 Å². The van der Waals surface area contributed by atoms with E-state index in [1.54, 1.807) is 18.4 Å². The quantitative estimate of drug-likeness (QED) is 0.694. The van der Waals surface area contributed by atoms with Crippen LogP contribution in [-0.4, -0.2) is 17.7 Å². The van der Waals surface area contributed by atoms with Crippen LogP contribution < -0.4 is 14.8 Å². The summed E-state index contributed by atoms with van der Waals surface area (Å²) < 4.78 is 11.6. The van der Waals surface area contributed by atoms with Crippen molar-refractivity contribution in [2.24, 2.45) is 0 Å². The minimum Gasteiger partial charge on any atom is -0.493 e. The normalized spacial score (nSPS) is 14.7. The first kappa shape index (κ1) is 16.0. The van der Waals surface area contributed by atoms with E-state index in [9.17, 15) is 0 Å². The van der Waals surface area contributed by atoms with E-state index < -0.39 is 0 Å². The Balaban J connectivity index is 1.65. The van der Waals surface area contributed by atoms with Gasteiger partial charge in [0.05, 0.1) is 12.8 Å². The van der Waals surface area contributed by atoms with Crippen molar-refractivity contribution in [1.82, 2.24) is 4.98 Å². The molecule has 1 aliphatic rings. The second-order valence-corrected chi connectivity index (χ2v) is 7.59. The number of methoxy groups -OCH3 is 1. The highest BCUT2D eigenvalue weighted by Crippen LogP contribution is 2.44. The highest BCUT2D eigenvalue weighted by atomic mass is 32.1. The molecule has 25 heavy (non-hydrogen) atoms. The minimum atomic E-state index is -0.198. The number of nitrogens with one attached hydrogen (secondary N) is 1. The van der Waals surface area contributed by atoms with Crippen LogP contribution in [0.15, 0.2) is 47.8 Å². The number of rotatable bonds is 4. The Kier molecular flexibility index (Phi) is 3.88. The topological polar surface area (TPSA) is 43.4 Å². The molecule has 5 heteroatoms. The van der Waals surface area contributed by atoms with Gasteiger partial charge >= 0.3 is 0 Å². The molecule has 2 aromatic carbocycles. The summed E-state index contributed by atoms with van der Waals surface area (Å²) in [5.74, 6) is 1.62. The summed E-state index contributed by atoms with van der Waals surface area (Å²) in [4.78, 5) is 4.72. The first-order valence-electron chi connectivity index (χ1n) is 8.22. The largest absolute Gasteiger partial charge is 0.493 e. The Bertz CT molecular complexity index is 903. The SMILES string of the molecule is COc1cc(-c2csc(Nc3ccccc3)n2)cc2c1OC(C)(C)C2. The average Bonchev–Trinajstić information content (AvgIpc) is 3.17. The number of thiazole rings is 1. The van der Waals surface area contributed by atoms with E-state index in [1.165, 1.54) is 5.56 Å². The molecule has 0 fully saturated rings. The Morgan fingerprint density at radius 3 is 2.76 bits per heavy atom. The van der Waals surface area contributed by atoms with Crippen molar-refractivity contribution in [2.75, 3.05) is 12.4 Å². The van der Waals surface area contributed by atoms with Crippen molar-refractivity contribution < 1.29 is 9.47 Å². The van der Waals surface area contributed by atoms with E-state index >= 15 is 0 Å². The maximum Gasteiger partial charge on any atom is 0.187 e. The van der Waals surface area contributed by atoms with Crippen LogP contribution in [-0.2, 0) is 6.42 Å². The number of nitrogens with zero attached hydrogens (tertiary/aromatic N) is 1. The first-order chi connectivity index (χ1) is 12.0. The lowest BCUT2D eigenvalue weighted by molar-refractivity contribution is 0.134. The van der Waals surface area contributed by atoms with E-state index in [0.717, 1.165) is 40.0 Å². The van der Waals surface area contributed by atoms with Crippen LogP contribution >= 0.6 is 11.3 Å². The molecule has 4 rings (SSSR count). The van der Waals surface area contributed by atoms with Crippen LogP contribution in [0.1, 0.15) is 19.4 Å². The van der Waals surface area contributed by atoms with Gasteiger partial charge in [0.25, 0.3) is 0 Å². The maximum atomic E-state index is 6.04. The fraction of sp³-hybridized carbons (Fsp3) is 0.250. The molecule has 0 aliphatic carbocycles. The summed E-state index contributed by atoms with van der Waals surface area (Å²) in [6, 6.07) is 14.2. The molecule has 128 valence electrons. The molecule has 3 aromatic rings. The lowest BCUT2D eigenvalue weighted by Crippen LogP contribution is -2.24. The predicted octanol–water partition coefficient (Wildman–Crippen LogP) is 5.28. The summed E-state index contributed by atoms with van der Waals surface area (Å²) in [7, 11) is 1.68. The van der Waals surface area contributed by atoms with Crippen molar-refractivity contribution in [3.05, 3.63) is 53.4 Å². The molecule has 0 atom stereocenters. The number of fused-ring (bicyclic) bond motifs is 1. The van der Waals surface area contributed by atoms with Crippen LogP contribution in [0.2, 0.25) is 0 Å². The van der Waals surface area contributed by atoms with Gasteiger partial charge in [-0.05, 0) is 38.1 Å². The number of aromatic nitrogens is 1. The molecule has 1 N–H and O–H groups in total. The number of anilines is 2. The Morgan fingerprint density at radius 1 is 1.20 bits per heavy atom. The molecule has 0 saturated heterocycles. The van der Waals surface area contributed by atoms with Crippen LogP contribution in [0.25, 0.3) is 11.3 Å². The Hall–Kier alpha value is -2.53. The van der Waals surface area contributed by atoms with Gasteiger partial charge in [-0.25, -0.2) is 4.98 Å². The van der Waals surface area contributed by atoms with Gasteiger partial charge in [0.2, 0.25) is 0 Å². The summed E-state index contributed by atoms with van der Waals surface area (Å²) in [6.45, 7) is 4.19. The van der Waals surface area contributed by atoms with Crippen molar-refractivity contribution >= 4 is 22.2 Å². The molecule has 4 nitrogen and oxygen atoms in total. The lowest BCUT2D eigenvalue weighted by atomic mass is 9.99. The summed E-state index contributed by atoms with van der Waals surface area (Å²) in [5, 5.41) is 6.27. The third-order valence-corrected chi connectivity index (χ3v) is 4.93. The number of hydrogen-bond donors (Lipinski definition) is 1. The van der Waals surface area contributed by atoms with Crippen molar-refractivity contribution in [2.45, 2.75) is 25.9 Å². The molecular formula is C20H20N2O2S. The number of para-hydroxylation sites is 1. The van der Waals surface area contributed by atoms with Gasteiger partial charge in [-0.2, -0.15) is 0 Å². The molecule has 0 radical (unpaired) electrons. The van der Waals surface area contributed by atoms with Crippen LogP contribution in [0.3, 0.4) is 0 Å². The Morgan fingerprint density at radius 2 is 2.00 bits per heavy atom. The first-order valence-corrected chi connectivity index (χ1v) is 9.10. The van der Waals surface area contributed by atoms with E-state index in [-0.39, 0.29) is 5.60 Å².